The van der Waals surface area contributed by atoms with Crippen molar-refractivity contribution in [1.29, 1.82) is 0 Å². The van der Waals surface area contributed by atoms with Crippen LogP contribution >= 0.6 is 0 Å². The third-order valence-corrected chi connectivity index (χ3v) is 9.77. The summed E-state index contributed by atoms with van der Waals surface area (Å²) in [7, 11) is 0. The zero-order valence-corrected chi connectivity index (χ0v) is 12.6. The van der Waals surface area contributed by atoms with Gasteiger partial charge in [0, 0.05) is 0 Å². The molecule has 2 rings (SSSR count). The van der Waals surface area contributed by atoms with Crippen molar-refractivity contribution in [3.05, 3.63) is 23.9 Å². The number of nitrogens with one attached hydrogen (secondary N) is 2. The third kappa shape index (κ3) is 3.89. The van der Waals surface area contributed by atoms with E-state index in [-0.39, 0.29) is 11.6 Å². The van der Waals surface area contributed by atoms with E-state index in [2.05, 4.69) is 15.3 Å². The topological polar surface area (TPSA) is 83.8 Å². The molecule has 0 radical (unpaired) electrons. The van der Waals surface area contributed by atoms with Crippen LogP contribution in [-0.4, -0.2) is 48.2 Å². The minimum atomic E-state index is -0.171. The molecule has 1 aliphatic heterocycles. The number of carbonyl (C=O) groups excluding carboxylic acids is 1. The summed E-state index contributed by atoms with van der Waals surface area (Å²) < 4.78 is 0. The number of aromatic amines is 1. The predicted octanol–water partition coefficient (Wildman–Crippen LogP) is -0.242. The van der Waals surface area contributed by atoms with Gasteiger partial charge in [-0.1, -0.05) is 0 Å². The van der Waals surface area contributed by atoms with Gasteiger partial charge in [-0.25, -0.2) is 0 Å². The van der Waals surface area contributed by atoms with Crippen LogP contribution in [0, 0.1) is 0 Å². The molecule has 1 aromatic rings. The van der Waals surface area contributed by atoms with Crippen LogP contribution in [0.2, 0.25) is 10.6 Å². The average molecular weight is 364 g/mol. The molecule has 0 saturated carbocycles. The summed E-state index contributed by atoms with van der Waals surface area (Å²) in [5.74, 6) is -0.171. The fraction of sp³-hybridized carbons (Fsp3) is 0.400. The predicted molar refractivity (Wildman–Crippen MR) is 68.4 cm³/mol. The molecule has 1 aliphatic rings. The number of hydrogen-bond donors (Lipinski definition) is 3. The molecule has 0 bridgehead atoms. The van der Waals surface area contributed by atoms with Gasteiger partial charge in [-0.15, -0.1) is 0 Å². The Morgan fingerprint density at radius 3 is 3.18 bits per heavy atom. The number of H-pyrrole nitrogens is 1. The first-order valence-corrected chi connectivity index (χ1v) is 12.0. The zero-order valence-electron chi connectivity index (χ0n) is 9.18. The van der Waals surface area contributed by atoms with Crippen LogP contribution < -0.4 is 11.1 Å². The summed E-state index contributed by atoms with van der Waals surface area (Å²) in [6.45, 7) is 0. The first-order valence-electron chi connectivity index (χ1n) is 5.26. The van der Waals surface area contributed by atoms with Gasteiger partial charge in [0.25, 0.3) is 0 Å². The summed E-state index contributed by atoms with van der Waals surface area (Å²) in [5, 5.41) is 5.42. The molecule has 1 saturated heterocycles. The molecule has 92 valence electrons. The number of hydrogen-bond acceptors (Lipinski definition) is 3. The van der Waals surface area contributed by atoms with Gasteiger partial charge in [-0.3, -0.25) is 0 Å². The van der Waals surface area contributed by atoms with Gasteiger partial charge in [-0.05, 0) is 0 Å². The van der Waals surface area contributed by atoms with E-state index in [9.17, 15) is 4.79 Å². The molecule has 7 heteroatoms. The van der Waals surface area contributed by atoms with Crippen LogP contribution in [0.15, 0.2) is 18.2 Å². The van der Waals surface area contributed by atoms with Crippen LogP contribution in [0.3, 0.4) is 0 Å². The van der Waals surface area contributed by atoms with Crippen molar-refractivity contribution in [2.45, 2.75) is 23.1 Å². The fourth-order valence-corrected chi connectivity index (χ4v) is 8.71. The summed E-state index contributed by atoms with van der Waals surface area (Å²) in [4.78, 5) is 18.6. The summed E-state index contributed by atoms with van der Waals surface area (Å²) in [6, 6.07) is 0.326. The second kappa shape index (κ2) is 6.26. The molecule has 17 heavy (non-hydrogen) atoms. The van der Waals surface area contributed by atoms with E-state index in [0.717, 1.165) is 43.7 Å². The molecule has 4 N–H and O–H groups in total. The molecule has 0 spiro atoms. The number of aromatic nitrogens is 2. The van der Waals surface area contributed by atoms with Crippen molar-refractivity contribution in [1.82, 2.24) is 15.3 Å². The van der Waals surface area contributed by atoms with Gasteiger partial charge >= 0.3 is 111 Å². The van der Waals surface area contributed by atoms with Gasteiger partial charge < -0.3 is 0 Å². The number of rotatable bonds is 3. The Morgan fingerprint density at radius 2 is 2.53 bits per heavy atom. The SMILES string of the molecule is N/C(=C\c1cnc[nH]1)C(=O)N[C@H]1CC[Se][Se]C1. The Balaban J connectivity index is 1.90. The number of carbonyl (C=O) groups is 1. The van der Waals surface area contributed by atoms with Gasteiger partial charge in [0.15, 0.2) is 0 Å². The van der Waals surface area contributed by atoms with Crippen LogP contribution in [-0.2, 0) is 4.79 Å². The van der Waals surface area contributed by atoms with E-state index in [4.69, 9.17) is 5.73 Å². The van der Waals surface area contributed by atoms with Crippen LogP contribution in [0.4, 0.5) is 0 Å². The molecule has 2 heterocycles. The Kier molecular flexibility index (Phi) is 4.68. The zero-order chi connectivity index (χ0) is 12.1. The first kappa shape index (κ1) is 12.7. The van der Waals surface area contributed by atoms with Crippen molar-refractivity contribution < 1.29 is 4.79 Å². The number of nitrogens with two attached hydrogens (primary N) is 1. The Hall–Kier alpha value is -0.741. The van der Waals surface area contributed by atoms with Gasteiger partial charge in [0.1, 0.15) is 0 Å². The minimum absolute atomic E-state index is 0.171. The molecule has 1 amide bonds. The molecular weight excluding hydrogens is 350 g/mol. The summed E-state index contributed by atoms with van der Waals surface area (Å²) >= 11 is 1.58. The quantitative estimate of drug-likeness (QED) is 0.511. The van der Waals surface area contributed by atoms with Crippen LogP contribution in [0.5, 0.6) is 0 Å². The number of imidazole rings is 1. The van der Waals surface area contributed by atoms with Crippen LogP contribution in [0.1, 0.15) is 12.1 Å². The van der Waals surface area contributed by atoms with E-state index in [0.29, 0.717) is 6.04 Å². The molecule has 1 fully saturated rings. The monoisotopic (exact) mass is 366 g/mol. The van der Waals surface area contributed by atoms with Crippen molar-refractivity contribution in [3.8, 4) is 0 Å². The Morgan fingerprint density at radius 1 is 1.65 bits per heavy atom. The maximum absolute atomic E-state index is 11.8. The standard InChI is InChI=1S/C10H14N4OSe2/c11-9(3-8-4-12-6-13-8)10(15)14-7-1-2-16-17-5-7/h3-4,6-7H,1-2,5,11H2,(H,12,13)(H,14,15)/b9-3-/t7-/m0/s1. The van der Waals surface area contributed by atoms with Crippen molar-refractivity contribution >= 4 is 38.2 Å². The van der Waals surface area contributed by atoms with Gasteiger partial charge in [0.05, 0.1) is 0 Å². The second-order valence-electron chi connectivity index (χ2n) is 3.67. The van der Waals surface area contributed by atoms with E-state index < -0.39 is 0 Å². The van der Waals surface area contributed by atoms with Crippen LogP contribution in [0.25, 0.3) is 6.08 Å². The molecule has 1 atom stereocenters. The summed E-state index contributed by atoms with van der Waals surface area (Å²) in [5.41, 5.74) is 6.71. The molecular formula is C10H14N4OSe2. The van der Waals surface area contributed by atoms with Crippen molar-refractivity contribution in [2.75, 3.05) is 0 Å². The molecule has 5 nitrogen and oxygen atoms in total. The van der Waals surface area contributed by atoms with E-state index in [1.807, 2.05) is 0 Å². The van der Waals surface area contributed by atoms with Crippen molar-refractivity contribution in [3.63, 3.8) is 0 Å². The van der Waals surface area contributed by atoms with Crippen molar-refractivity contribution in [2.24, 2.45) is 5.73 Å². The molecule has 0 aromatic carbocycles. The van der Waals surface area contributed by atoms with E-state index in [1.165, 1.54) is 5.32 Å². The first-order chi connectivity index (χ1) is 8.25. The number of amides is 1. The molecule has 1 aromatic heterocycles. The van der Waals surface area contributed by atoms with Gasteiger partial charge in [0.2, 0.25) is 0 Å². The Bertz CT molecular complexity index is 398. The van der Waals surface area contributed by atoms with E-state index >= 15 is 0 Å². The molecule has 0 aliphatic carbocycles. The Labute approximate surface area is 111 Å². The van der Waals surface area contributed by atoms with Gasteiger partial charge in [-0.2, -0.15) is 0 Å². The normalized spacial score (nSPS) is 21.2. The average Bonchev–Trinajstić information content (AvgIpc) is 2.83. The maximum atomic E-state index is 11.8. The number of nitrogens with zero attached hydrogens (tertiary/aromatic N) is 1. The third-order valence-electron chi connectivity index (χ3n) is 2.33. The second-order valence-corrected chi connectivity index (χ2v) is 11.4. The molecule has 0 unspecified atom stereocenters. The van der Waals surface area contributed by atoms with E-state index in [1.54, 1.807) is 18.6 Å². The summed E-state index contributed by atoms with van der Waals surface area (Å²) in [6.07, 6.45) is 5.90. The fourth-order valence-electron chi connectivity index (χ4n) is 1.42.